The summed E-state index contributed by atoms with van der Waals surface area (Å²) in [7, 11) is -3.26. The van der Waals surface area contributed by atoms with E-state index in [0.29, 0.717) is 13.2 Å². The van der Waals surface area contributed by atoms with Crippen molar-refractivity contribution in [2.45, 2.75) is 25.9 Å². The van der Waals surface area contributed by atoms with E-state index in [9.17, 15) is 4.57 Å². The monoisotopic (exact) mass is 288 g/mol. The highest BCUT2D eigenvalue weighted by Gasteiger charge is 2.42. The Labute approximate surface area is 113 Å². The topological polar surface area (TPSA) is 35.5 Å². The third kappa shape index (κ3) is 2.97. The van der Waals surface area contributed by atoms with Crippen molar-refractivity contribution in [2.75, 3.05) is 13.2 Å². The van der Waals surface area contributed by atoms with Gasteiger partial charge in [0.05, 0.1) is 13.2 Å². The molecule has 18 heavy (non-hydrogen) atoms. The Bertz CT molecular complexity index is 473. The zero-order chi connectivity index (χ0) is 13.4. The van der Waals surface area contributed by atoms with Gasteiger partial charge in [0.2, 0.25) is 0 Å². The zero-order valence-electron chi connectivity index (χ0n) is 10.9. The lowest BCUT2D eigenvalue weighted by Gasteiger charge is -2.35. The van der Waals surface area contributed by atoms with E-state index in [-0.39, 0.29) is 5.41 Å². The van der Waals surface area contributed by atoms with Gasteiger partial charge in [-0.25, -0.2) is 0 Å². The van der Waals surface area contributed by atoms with Crippen molar-refractivity contribution in [3.05, 3.63) is 35.4 Å². The van der Waals surface area contributed by atoms with Crippen LogP contribution in [0.4, 0.5) is 0 Å². The number of alkyl halides is 1. The summed E-state index contributed by atoms with van der Waals surface area (Å²) in [6.45, 7) is 6.78. The predicted octanol–water partition coefficient (Wildman–Crippen LogP) is 4.50. The molecule has 1 aromatic carbocycles. The average molecular weight is 289 g/mol. The van der Waals surface area contributed by atoms with Gasteiger partial charge in [-0.05, 0) is 12.5 Å². The third-order valence-corrected chi connectivity index (χ3v) is 5.67. The molecule has 1 aromatic rings. The SMILES string of the molecule is Cc1cccc(C(Cl)P2(=O)OCC(C)(C)CO2)c1. The molecule has 0 aliphatic carbocycles. The van der Waals surface area contributed by atoms with Crippen LogP contribution in [-0.4, -0.2) is 13.2 Å². The van der Waals surface area contributed by atoms with Crippen molar-refractivity contribution in [3.8, 4) is 0 Å². The number of aryl methyl sites for hydroxylation is 1. The lowest BCUT2D eigenvalue weighted by Crippen LogP contribution is -2.30. The van der Waals surface area contributed by atoms with Gasteiger partial charge in [-0.2, -0.15) is 0 Å². The molecule has 0 bridgehead atoms. The average Bonchev–Trinajstić information content (AvgIpc) is 2.32. The summed E-state index contributed by atoms with van der Waals surface area (Å²) in [6.07, 6.45) is 0. The first-order valence-electron chi connectivity index (χ1n) is 5.92. The van der Waals surface area contributed by atoms with E-state index >= 15 is 0 Å². The summed E-state index contributed by atoms with van der Waals surface area (Å²) in [4.78, 5) is 0. The van der Waals surface area contributed by atoms with E-state index in [1.165, 1.54) is 0 Å². The van der Waals surface area contributed by atoms with Crippen molar-refractivity contribution < 1.29 is 13.6 Å². The highest BCUT2D eigenvalue weighted by atomic mass is 35.5. The fraction of sp³-hybridized carbons (Fsp3) is 0.538. The van der Waals surface area contributed by atoms with Gasteiger partial charge >= 0.3 is 7.60 Å². The molecule has 1 atom stereocenters. The standard InChI is InChI=1S/C13H18ClO3P/c1-10-5-4-6-11(7-10)12(14)18(15)16-8-13(2,3)9-17-18/h4-7,12H,8-9H2,1-3H3. The summed E-state index contributed by atoms with van der Waals surface area (Å²) in [5.74, 6) is 0. The lowest BCUT2D eigenvalue weighted by molar-refractivity contribution is 0.0403. The van der Waals surface area contributed by atoms with Gasteiger partial charge in [0.25, 0.3) is 0 Å². The summed E-state index contributed by atoms with van der Waals surface area (Å²) in [5, 5.41) is -0.742. The van der Waals surface area contributed by atoms with Gasteiger partial charge in [-0.1, -0.05) is 43.7 Å². The highest BCUT2D eigenvalue weighted by Crippen LogP contribution is 2.65. The van der Waals surface area contributed by atoms with Crippen LogP contribution in [0, 0.1) is 12.3 Å². The van der Waals surface area contributed by atoms with Crippen LogP contribution in [0.1, 0.15) is 30.1 Å². The second-order valence-corrected chi connectivity index (χ2v) is 8.35. The molecule has 0 spiro atoms. The molecule has 0 N–H and O–H groups in total. The zero-order valence-corrected chi connectivity index (χ0v) is 12.5. The van der Waals surface area contributed by atoms with Crippen molar-refractivity contribution >= 4 is 19.2 Å². The molecule has 0 radical (unpaired) electrons. The Morgan fingerprint density at radius 3 is 2.50 bits per heavy atom. The van der Waals surface area contributed by atoms with Crippen molar-refractivity contribution in [3.63, 3.8) is 0 Å². The maximum atomic E-state index is 12.6. The van der Waals surface area contributed by atoms with Gasteiger partial charge < -0.3 is 9.05 Å². The minimum absolute atomic E-state index is 0.114. The minimum atomic E-state index is -3.26. The first kappa shape index (κ1) is 14.1. The van der Waals surface area contributed by atoms with Gasteiger partial charge in [0.15, 0.2) is 5.12 Å². The van der Waals surface area contributed by atoms with Crippen LogP contribution < -0.4 is 0 Å². The summed E-state index contributed by atoms with van der Waals surface area (Å²) >= 11 is 6.28. The van der Waals surface area contributed by atoms with Crippen molar-refractivity contribution in [1.29, 1.82) is 0 Å². The van der Waals surface area contributed by atoms with E-state index in [4.69, 9.17) is 20.6 Å². The number of rotatable bonds is 2. The first-order chi connectivity index (χ1) is 8.32. The van der Waals surface area contributed by atoms with Gasteiger partial charge in [-0.15, -0.1) is 11.6 Å². The molecule has 0 saturated carbocycles. The van der Waals surface area contributed by atoms with Crippen LogP contribution in [0.25, 0.3) is 0 Å². The van der Waals surface area contributed by atoms with Crippen molar-refractivity contribution in [2.24, 2.45) is 5.41 Å². The number of hydrogen-bond donors (Lipinski definition) is 0. The maximum absolute atomic E-state index is 12.6. The van der Waals surface area contributed by atoms with Crippen LogP contribution in [0.3, 0.4) is 0 Å². The summed E-state index contributed by atoms with van der Waals surface area (Å²) in [5.41, 5.74) is 1.73. The maximum Gasteiger partial charge on any atom is 0.352 e. The molecule has 3 nitrogen and oxygen atoms in total. The molecule has 1 aliphatic rings. The van der Waals surface area contributed by atoms with Crippen LogP contribution in [0.15, 0.2) is 24.3 Å². The van der Waals surface area contributed by atoms with E-state index in [2.05, 4.69) is 0 Å². The molecule has 1 heterocycles. The minimum Gasteiger partial charge on any atom is -0.307 e. The van der Waals surface area contributed by atoms with E-state index in [0.717, 1.165) is 11.1 Å². The van der Waals surface area contributed by atoms with E-state index in [1.807, 2.05) is 45.0 Å². The molecule has 1 aliphatic heterocycles. The number of hydrogen-bond acceptors (Lipinski definition) is 3. The molecule has 100 valence electrons. The summed E-state index contributed by atoms with van der Waals surface area (Å²) in [6, 6.07) is 7.61. The lowest BCUT2D eigenvalue weighted by atomic mass is 9.97. The van der Waals surface area contributed by atoms with Gasteiger partial charge in [-0.3, -0.25) is 4.57 Å². The molecule has 0 amide bonds. The molecule has 5 heteroatoms. The fourth-order valence-electron chi connectivity index (χ4n) is 1.74. The second kappa shape index (κ2) is 4.97. The molecule has 1 unspecified atom stereocenters. The Morgan fingerprint density at radius 1 is 1.33 bits per heavy atom. The predicted molar refractivity (Wildman–Crippen MR) is 73.1 cm³/mol. The number of benzene rings is 1. The normalized spacial score (nSPS) is 23.6. The number of halogens is 1. The molecule has 1 fully saturated rings. The molecule has 2 rings (SSSR count). The fourth-order valence-corrected chi connectivity index (χ4v) is 4.13. The van der Waals surface area contributed by atoms with Gasteiger partial charge in [0, 0.05) is 5.41 Å². The smallest absolute Gasteiger partial charge is 0.307 e. The molecular weight excluding hydrogens is 271 g/mol. The van der Waals surface area contributed by atoms with Crippen LogP contribution >= 0.6 is 19.2 Å². The molecule has 1 saturated heterocycles. The second-order valence-electron chi connectivity index (χ2n) is 5.50. The van der Waals surface area contributed by atoms with Gasteiger partial charge in [0.1, 0.15) is 0 Å². The van der Waals surface area contributed by atoms with E-state index < -0.39 is 12.7 Å². The largest absolute Gasteiger partial charge is 0.352 e. The Hall–Kier alpha value is -0.340. The first-order valence-corrected chi connectivity index (χ1v) is 7.97. The Balaban J connectivity index is 2.19. The Kier molecular flexibility index (Phi) is 3.89. The van der Waals surface area contributed by atoms with Crippen LogP contribution in [-0.2, 0) is 13.6 Å². The highest BCUT2D eigenvalue weighted by molar-refractivity contribution is 7.56. The molecular formula is C13H18ClO3P. The Morgan fingerprint density at radius 2 is 1.94 bits per heavy atom. The summed E-state index contributed by atoms with van der Waals surface area (Å²) < 4.78 is 23.4. The van der Waals surface area contributed by atoms with Crippen molar-refractivity contribution in [1.82, 2.24) is 0 Å². The quantitative estimate of drug-likeness (QED) is 0.594. The van der Waals surface area contributed by atoms with E-state index in [1.54, 1.807) is 0 Å². The third-order valence-electron chi connectivity index (χ3n) is 2.87. The van der Waals surface area contributed by atoms with Crippen LogP contribution in [0.5, 0.6) is 0 Å². The molecule has 0 aromatic heterocycles. The van der Waals surface area contributed by atoms with Crippen LogP contribution in [0.2, 0.25) is 0 Å².